The largest absolute Gasteiger partial charge is 0.456 e. The van der Waals surface area contributed by atoms with Crippen LogP contribution < -0.4 is 4.90 Å². The molecule has 4 nitrogen and oxygen atoms in total. The Kier molecular flexibility index (Phi) is 9.75. The van der Waals surface area contributed by atoms with Crippen LogP contribution in [0.4, 0.5) is 17.1 Å². The third kappa shape index (κ3) is 6.15. The Morgan fingerprint density at radius 1 is 0.293 bits per heavy atom. The summed E-state index contributed by atoms with van der Waals surface area (Å²) in [5.41, 5.74) is 35.2. The van der Waals surface area contributed by atoms with Crippen LogP contribution in [0.1, 0.15) is 69.5 Å². The third-order valence-electron chi connectivity index (χ3n) is 21.8. The van der Waals surface area contributed by atoms with Crippen molar-refractivity contribution < 1.29 is 8.83 Å². The maximum Gasteiger partial charge on any atom is 0.143 e. The van der Waals surface area contributed by atoms with E-state index < -0.39 is 16.2 Å². The standard InChI is InChI=1S/C88H54N2O2/c1-86(2)72-46-53(37-39-61(72)81-76(86)48-64(52-42-44-89-45-43-52)85-84(81)63-28-12-19-35-79(63)92-85)90(77-33-17-10-22-55(77)51-20-4-3-5-21-51)54-36-38-60-65-49-75-66(50-74(65)88(73(60)47-54)69-31-15-8-25-58(69)59-26-9-16-32-70(59)88)82-71(40-41-80-83(82)62-27-11-18-34-78(62)91-80)87(75)67-29-13-6-23-56(67)57-24-7-14-30-68(57)87/h3-50H,1-2H3. The second kappa shape index (κ2) is 17.8. The summed E-state index contributed by atoms with van der Waals surface area (Å²) in [7, 11) is 0. The molecule has 428 valence electrons. The molecule has 0 aliphatic heterocycles. The summed E-state index contributed by atoms with van der Waals surface area (Å²) in [5, 5.41) is 4.58. The van der Waals surface area contributed by atoms with Crippen LogP contribution in [0, 0.1) is 0 Å². The molecule has 0 radical (unpaired) electrons. The highest BCUT2D eigenvalue weighted by Gasteiger charge is 2.57. The molecule has 0 atom stereocenters. The van der Waals surface area contributed by atoms with Crippen LogP contribution in [-0.2, 0) is 16.2 Å². The van der Waals surface area contributed by atoms with Gasteiger partial charge in [-0.25, -0.2) is 0 Å². The second-order valence-electron chi connectivity index (χ2n) is 26.3. The number of para-hydroxylation sites is 3. The van der Waals surface area contributed by atoms with Crippen molar-refractivity contribution in [2.24, 2.45) is 0 Å². The van der Waals surface area contributed by atoms with E-state index in [2.05, 4.69) is 303 Å². The van der Waals surface area contributed by atoms with Gasteiger partial charge in [0.1, 0.15) is 22.3 Å². The summed E-state index contributed by atoms with van der Waals surface area (Å²) in [4.78, 5) is 6.97. The van der Waals surface area contributed by atoms with Gasteiger partial charge in [0.2, 0.25) is 0 Å². The first-order chi connectivity index (χ1) is 45.4. The van der Waals surface area contributed by atoms with Gasteiger partial charge >= 0.3 is 0 Å². The molecule has 0 bridgehead atoms. The van der Waals surface area contributed by atoms with E-state index in [-0.39, 0.29) is 0 Å². The van der Waals surface area contributed by atoms with Gasteiger partial charge in [-0.2, -0.15) is 0 Å². The monoisotopic (exact) mass is 1170 g/mol. The molecular formula is C88H54N2O2. The first kappa shape index (κ1) is 50.3. The molecule has 21 rings (SSSR count). The van der Waals surface area contributed by atoms with E-state index in [4.69, 9.17) is 8.83 Å². The van der Waals surface area contributed by atoms with Gasteiger partial charge in [0.15, 0.2) is 0 Å². The molecule has 0 amide bonds. The summed E-state index contributed by atoms with van der Waals surface area (Å²) in [6.07, 6.45) is 3.76. The lowest BCUT2D eigenvalue weighted by Crippen LogP contribution is -2.27. The van der Waals surface area contributed by atoms with Crippen LogP contribution in [0.3, 0.4) is 0 Å². The molecule has 3 aromatic heterocycles. The van der Waals surface area contributed by atoms with Gasteiger partial charge in [-0.15, -0.1) is 0 Å². The van der Waals surface area contributed by atoms with Gasteiger partial charge in [0.05, 0.1) is 16.5 Å². The Hall–Kier alpha value is -11.6. The van der Waals surface area contributed by atoms with Crippen molar-refractivity contribution in [2.75, 3.05) is 4.90 Å². The van der Waals surface area contributed by atoms with Crippen LogP contribution in [0.2, 0.25) is 0 Å². The van der Waals surface area contributed by atoms with E-state index in [0.29, 0.717) is 0 Å². The molecule has 4 heteroatoms. The van der Waals surface area contributed by atoms with E-state index in [1.807, 2.05) is 12.4 Å². The molecular weight excluding hydrogens is 1120 g/mol. The number of aromatic nitrogens is 1. The van der Waals surface area contributed by atoms with Crippen molar-refractivity contribution in [3.05, 3.63) is 347 Å². The van der Waals surface area contributed by atoms with Crippen molar-refractivity contribution in [3.63, 3.8) is 0 Å². The average Bonchev–Trinajstić information content (AvgIpc) is 1.49. The van der Waals surface area contributed by atoms with Crippen molar-refractivity contribution in [1.82, 2.24) is 4.98 Å². The minimum atomic E-state index is -0.700. The van der Waals surface area contributed by atoms with E-state index in [1.165, 1.54) is 117 Å². The summed E-state index contributed by atoms with van der Waals surface area (Å²) in [6, 6.07) is 105. The number of benzene rings is 13. The lowest BCUT2D eigenvalue weighted by molar-refractivity contribution is 0.657. The predicted octanol–water partition coefficient (Wildman–Crippen LogP) is 22.7. The number of hydrogen-bond donors (Lipinski definition) is 0. The fourth-order valence-electron chi connectivity index (χ4n) is 18.1. The van der Waals surface area contributed by atoms with Crippen LogP contribution in [0.15, 0.2) is 300 Å². The number of nitrogens with zero attached hydrogens (tertiary/aromatic N) is 2. The van der Waals surface area contributed by atoms with Crippen LogP contribution >= 0.6 is 0 Å². The smallest absolute Gasteiger partial charge is 0.143 e. The first-order valence-corrected chi connectivity index (χ1v) is 32.1. The zero-order valence-corrected chi connectivity index (χ0v) is 50.4. The highest BCUT2D eigenvalue weighted by Crippen LogP contribution is 2.70. The predicted molar refractivity (Wildman–Crippen MR) is 375 cm³/mol. The number of rotatable bonds is 5. The minimum absolute atomic E-state index is 0.397. The van der Waals surface area contributed by atoms with E-state index in [1.54, 1.807) is 0 Å². The lowest BCUT2D eigenvalue weighted by atomic mass is 9.68. The fourth-order valence-corrected chi connectivity index (χ4v) is 18.1. The van der Waals surface area contributed by atoms with Crippen molar-refractivity contribution in [2.45, 2.75) is 30.1 Å². The number of fused-ring (bicyclic) bond motifs is 31. The second-order valence-corrected chi connectivity index (χ2v) is 26.3. The summed E-state index contributed by atoms with van der Waals surface area (Å²) in [6.45, 7) is 4.81. The van der Waals surface area contributed by atoms with Gasteiger partial charge < -0.3 is 13.7 Å². The molecule has 16 aromatic rings. The molecule has 3 heterocycles. The maximum absolute atomic E-state index is 6.91. The molecule has 0 saturated heterocycles. The zero-order valence-electron chi connectivity index (χ0n) is 50.4. The number of furan rings is 2. The Balaban J connectivity index is 0.847. The Labute approximate surface area is 531 Å². The molecule has 13 aromatic carbocycles. The van der Waals surface area contributed by atoms with Crippen molar-refractivity contribution in [3.8, 4) is 77.9 Å². The van der Waals surface area contributed by atoms with Gasteiger partial charge in [-0.1, -0.05) is 214 Å². The summed E-state index contributed by atoms with van der Waals surface area (Å²) < 4.78 is 13.8. The van der Waals surface area contributed by atoms with Crippen molar-refractivity contribution >= 4 is 60.9 Å². The quantitative estimate of drug-likeness (QED) is 0.172. The Morgan fingerprint density at radius 2 is 0.761 bits per heavy atom. The number of hydrogen-bond acceptors (Lipinski definition) is 4. The third-order valence-corrected chi connectivity index (χ3v) is 21.8. The number of anilines is 3. The van der Waals surface area contributed by atoms with E-state index in [0.717, 1.165) is 77.8 Å². The lowest BCUT2D eigenvalue weighted by Gasteiger charge is -2.33. The van der Waals surface area contributed by atoms with Crippen LogP contribution in [-0.4, -0.2) is 4.98 Å². The summed E-state index contributed by atoms with van der Waals surface area (Å²) >= 11 is 0. The highest BCUT2D eigenvalue weighted by atomic mass is 16.3. The van der Waals surface area contributed by atoms with Gasteiger partial charge in [0, 0.05) is 61.9 Å². The topological polar surface area (TPSA) is 42.4 Å². The maximum atomic E-state index is 6.91. The number of pyridine rings is 1. The molecule has 5 aliphatic rings. The SMILES string of the molecule is CC1(C)c2cc(N(c3ccc4c(c3)C3(c5ccccc5-c5ccccc53)c3cc5c(cc3-4)C3(c4ccccc4-c4ccccc43)c3ccc4oc6ccccc6c4c3-5)c3ccccc3-c3ccccc3)ccc2-c2c1cc(-c1ccncc1)c1oc3ccccc3c21. The van der Waals surface area contributed by atoms with E-state index in [9.17, 15) is 0 Å². The minimum Gasteiger partial charge on any atom is -0.456 e. The first-order valence-electron chi connectivity index (χ1n) is 32.1. The average molecular weight is 1170 g/mol. The highest BCUT2D eigenvalue weighted by molar-refractivity contribution is 6.20. The fraction of sp³-hybridized carbons (Fsp3) is 0.0568. The van der Waals surface area contributed by atoms with Gasteiger partial charge in [0.25, 0.3) is 0 Å². The Bertz CT molecular complexity index is 5850. The molecule has 0 saturated carbocycles. The van der Waals surface area contributed by atoms with E-state index >= 15 is 0 Å². The molecule has 0 fully saturated rings. The van der Waals surface area contributed by atoms with Gasteiger partial charge in [-0.3, -0.25) is 4.98 Å². The van der Waals surface area contributed by atoms with Crippen molar-refractivity contribution in [1.29, 1.82) is 0 Å². The molecule has 5 aliphatic carbocycles. The molecule has 2 spiro atoms. The van der Waals surface area contributed by atoms with Crippen LogP contribution in [0.5, 0.6) is 0 Å². The van der Waals surface area contributed by atoms with Crippen LogP contribution in [0.25, 0.3) is 122 Å². The molecule has 0 N–H and O–H groups in total. The summed E-state index contributed by atoms with van der Waals surface area (Å²) in [5.74, 6) is 0. The zero-order chi connectivity index (χ0) is 60.3. The Morgan fingerprint density at radius 3 is 1.42 bits per heavy atom. The molecule has 92 heavy (non-hydrogen) atoms. The normalized spacial score (nSPS) is 14.7. The molecule has 0 unspecified atom stereocenters. The van der Waals surface area contributed by atoms with Gasteiger partial charge in [-0.05, 0) is 201 Å².